The number of nitrogens with one attached hydrogen (secondary N) is 2. The largest absolute Gasteiger partial charge is 0.480 e. The van der Waals surface area contributed by atoms with E-state index in [1.54, 1.807) is 6.92 Å². The number of carbonyl (C=O) groups is 3. The Labute approximate surface area is 183 Å². The third kappa shape index (κ3) is 7.53. The number of carboxylic acid groups (broad SMARTS) is 1. The average molecular weight is 426 g/mol. The molecule has 2 aromatic carbocycles. The van der Waals surface area contributed by atoms with E-state index in [0.29, 0.717) is 12.8 Å². The van der Waals surface area contributed by atoms with Crippen molar-refractivity contribution in [2.45, 2.75) is 51.2 Å². The van der Waals surface area contributed by atoms with Gasteiger partial charge in [0.2, 0.25) is 11.8 Å². The van der Waals surface area contributed by atoms with Crippen LogP contribution in [0.2, 0.25) is 0 Å². The van der Waals surface area contributed by atoms with Gasteiger partial charge in [-0.25, -0.2) is 4.79 Å². The molecule has 0 aromatic heterocycles. The zero-order valence-corrected chi connectivity index (χ0v) is 18.0. The highest BCUT2D eigenvalue weighted by atomic mass is 16.4. The second kappa shape index (κ2) is 11.9. The Bertz CT molecular complexity index is 858. The van der Waals surface area contributed by atoms with E-state index in [4.69, 9.17) is 5.73 Å². The molecule has 0 bridgehead atoms. The maximum absolute atomic E-state index is 13.0. The van der Waals surface area contributed by atoms with Crippen molar-refractivity contribution in [1.29, 1.82) is 0 Å². The van der Waals surface area contributed by atoms with E-state index in [-0.39, 0.29) is 12.3 Å². The van der Waals surface area contributed by atoms with Crippen LogP contribution in [0.4, 0.5) is 0 Å². The second-order valence-electron chi connectivity index (χ2n) is 7.76. The van der Waals surface area contributed by atoms with Crippen LogP contribution in [0.25, 0.3) is 0 Å². The molecule has 0 saturated heterocycles. The summed E-state index contributed by atoms with van der Waals surface area (Å²) >= 11 is 0. The second-order valence-corrected chi connectivity index (χ2v) is 7.76. The molecule has 4 atom stereocenters. The normalized spacial score (nSPS) is 14.7. The topological polar surface area (TPSA) is 122 Å². The van der Waals surface area contributed by atoms with Crippen LogP contribution in [0.1, 0.15) is 31.4 Å². The zero-order chi connectivity index (χ0) is 22.8. The van der Waals surface area contributed by atoms with E-state index in [1.165, 1.54) is 0 Å². The van der Waals surface area contributed by atoms with Crippen molar-refractivity contribution >= 4 is 17.8 Å². The van der Waals surface area contributed by atoms with Crippen molar-refractivity contribution in [3.05, 3.63) is 71.8 Å². The molecule has 2 rings (SSSR count). The summed E-state index contributed by atoms with van der Waals surface area (Å²) in [7, 11) is 0. The van der Waals surface area contributed by atoms with Crippen LogP contribution in [0.5, 0.6) is 0 Å². The fraction of sp³-hybridized carbons (Fsp3) is 0.375. The predicted octanol–water partition coefficient (Wildman–Crippen LogP) is 1.90. The lowest BCUT2D eigenvalue weighted by atomic mass is 9.98. The van der Waals surface area contributed by atoms with Gasteiger partial charge in [0.1, 0.15) is 12.1 Å². The minimum Gasteiger partial charge on any atom is -0.480 e. The molecule has 0 spiro atoms. The van der Waals surface area contributed by atoms with Gasteiger partial charge in [-0.1, -0.05) is 80.9 Å². The number of aliphatic carboxylic acids is 1. The molecule has 0 aliphatic rings. The molecule has 7 nitrogen and oxygen atoms in total. The van der Waals surface area contributed by atoms with Gasteiger partial charge < -0.3 is 21.5 Å². The number of benzene rings is 2. The van der Waals surface area contributed by atoms with Gasteiger partial charge in [0.25, 0.3) is 0 Å². The molecule has 166 valence electrons. The van der Waals surface area contributed by atoms with Gasteiger partial charge in [-0.15, -0.1) is 0 Å². The first-order chi connectivity index (χ1) is 14.8. The summed E-state index contributed by atoms with van der Waals surface area (Å²) in [6, 6.07) is 15.8. The minimum atomic E-state index is -1.10. The van der Waals surface area contributed by atoms with Crippen LogP contribution in [-0.4, -0.2) is 41.0 Å². The third-order valence-corrected chi connectivity index (χ3v) is 5.33. The number of nitrogens with two attached hydrogens (primary N) is 1. The van der Waals surface area contributed by atoms with Gasteiger partial charge >= 0.3 is 5.97 Å². The van der Waals surface area contributed by atoms with E-state index in [0.717, 1.165) is 11.1 Å². The number of hydrogen-bond donors (Lipinski definition) is 4. The number of hydrogen-bond acceptors (Lipinski definition) is 4. The first-order valence-corrected chi connectivity index (χ1v) is 10.5. The van der Waals surface area contributed by atoms with Crippen LogP contribution in [0, 0.1) is 5.92 Å². The summed E-state index contributed by atoms with van der Waals surface area (Å²) < 4.78 is 0. The fourth-order valence-corrected chi connectivity index (χ4v) is 3.24. The van der Waals surface area contributed by atoms with Crippen LogP contribution in [0.3, 0.4) is 0 Å². The molecule has 0 unspecified atom stereocenters. The SMILES string of the molecule is CC[C@H](C)[C@H](NC(=O)[C@H](Cc1ccccc1)NC(=O)[C@@H](N)Cc1ccccc1)C(=O)O. The lowest BCUT2D eigenvalue weighted by Gasteiger charge is -2.25. The summed E-state index contributed by atoms with van der Waals surface area (Å²) in [4.78, 5) is 37.3. The standard InChI is InChI=1S/C24H31N3O4/c1-3-16(2)21(24(30)31)27-23(29)20(15-18-12-8-5-9-13-18)26-22(28)19(25)14-17-10-6-4-7-11-17/h4-13,16,19-21H,3,14-15,25H2,1-2H3,(H,26,28)(H,27,29)(H,30,31)/t16-,19-,20-,21-/m0/s1. The molecule has 0 aliphatic carbocycles. The van der Waals surface area contributed by atoms with Gasteiger partial charge in [0.15, 0.2) is 0 Å². The molecule has 0 heterocycles. The molecule has 5 N–H and O–H groups in total. The molecule has 7 heteroatoms. The van der Waals surface area contributed by atoms with Crippen LogP contribution in [0.15, 0.2) is 60.7 Å². The Kier molecular flexibility index (Phi) is 9.21. The van der Waals surface area contributed by atoms with E-state index < -0.39 is 35.9 Å². The van der Waals surface area contributed by atoms with E-state index in [2.05, 4.69) is 10.6 Å². The van der Waals surface area contributed by atoms with Gasteiger partial charge in [-0.05, 0) is 23.5 Å². The molecule has 31 heavy (non-hydrogen) atoms. The average Bonchev–Trinajstić information content (AvgIpc) is 2.77. The van der Waals surface area contributed by atoms with E-state index in [1.807, 2.05) is 67.6 Å². The fourth-order valence-electron chi connectivity index (χ4n) is 3.24. The van der Waals surface area contributed by atoms with E-state index in [9.17, 15) is 19.5 Å². The summed E-state index contributed by atoms with van der Waals surface area (Å²) in [5.41, 5.74) is 7.83. The molecular formula is C24H31N3O4. The predicted molar refractivity (Wildman–Crippen MR) is 119 cm³/mol. The maximum Gasteiger partial charge on any atom is 0.326 e. The highest BCUT2D eigenvalue weighted by molar-refractivity contribution is 5.92. The smallest absolute Gasteiger partial charge is 0.326 e. The van der Waals surface area contributed by atoms with Crippen molar-refractivity contribution < 1.29 is 19.5 Å². The van der Waals surface area contributed by atoms with E-state index >= 15 is 0 Å². The summed E-state index contributed by atoms with van der Waals surface area (Å²) in [6.07, 6.45) is 1.15. The maximum atomic E-state index is 13.0. The molecular weight excluding hydrogens is 394 g/mol. The van der Waals surface area contributed by atoms with Crippen molar-refractivity contribution in [3.8, 4) is 0 Å². The Balaban J connectivity index is 2.14. The first-order valence-electron chi connectivity index (χ1n) is 10.5. The summed E-state index contributed by atoms with van der Waals surface area (Å²) in [5, 5.41) is 14.8. The van der Waals surface area contributed by atoms with Crippen LogP contribution >= 0.6 is 0 Å². The number of carbonyl (C=O) groups excluding carboxylic acids is 2. The number of rotatable bonds is 11. The van der Waals surface area contributed by atoms with Crippen molar-refractivity contribution in [3.63, 3.8) is 0 Å². The molecule has 0 aliphatic heterocycles. The zero-order valence-electron chi connectivity index (χ0n) is 18.0. The van der Waals surface area contributed by atoms with Gasteiger partial charge in [-0.3, -0.25) is 9.59 Å². The molecule has 2 amide bonds. The van der Waals surface area contributed by atoms with Gasteiger partial charge in [-0.2, -0.15) is 0 Å². The summed E-state index contributed by atoms with van der Waals surface area (Å²) in [6.45, 7) is 3.62. The monoisotopic (exact) mass is 425 g/mol. The highest BCUT2D eigenvalue weighted by Gasteiger charge is 2.30. The van der Waals surface area contributed by atoms with Gasteiger partial charge in [0, 0.05) is 6.42 Å². The Morgan fingerprint density at radius 3 is 1.87 bits per heavy atom. The van der Waals surface area contributed by atoms with Crippen molar-refractivity contribution in [2.24, 2.45) is 11.7 Å². The Morgan fingerprint density at radius 1 is 0.871 bits per heavy atom. The molecule has 0 radical (unpaired) electrons. The lowest BCUT2D eigenvalue weighted by Crippen LogP contribution is -2.56. The van der Waals surface area contributed by atoms with Crippen LogP contribution in [-0.2, 0) is 27.2 Å². The first kappa shape index (κ1) is 24.1. The number of amides is 2. The minimum absolute atomic E-state index is 0.226. The Morgan fingerprint density at radius 2 is 1.39 bits per heavy atom. The molecule has 2 aromatic rings. The quantitative estimate of drug-likeness (QED) is 0.438. The van der Waals surface area contributed by atoms with Crippen molar-refractivity contribution in [2.75, 3.05) is 0 Å². The molecule has 0 saturated carbocycles. The number of carboxylic acids is 1. The highest BCUT2D eigenvalue weighted by Crippen LogP contribution is 2.10. The lowest BCUT2D eigenvalue weighted by molar-refractivity contribution is -0.143. The molecule has 0 fully saturated rings. The van der Waals surface area contributed by atoms with Gasteiger partial charge in [0.05, 0.1) is 6.04 Å². The third-order valence-electron chi connectivity index (χ3n) is 5.33. The summed E-state index contributed by atoms with van der Waals surface area (Å²) in [5.74, 6) is -2.37. The van der Waals surface area contributed by atoms with Crippen molar-refractivity contribution in [1.82, 2.24) is 10.6 Å². The van der Waals surface area contributed by atoms with Crippen LogP contribution < -0.4 is 16.4 Å². The Hall–Kier alpha value is -3.19.